The standard InChI is InChI=1S/C54H36BNO2Si/c1-4-18-38(19-5-1)59(39-20-6-2-7-21-39,40-22-8-3-9-23-40)41-34-32-37(33-35-41)44-36-51-52-54(53(44)56-47-28-14-10-24-42(47)43-25-11-15-29-48(43)56)58-50-31-17-13-27-46(50)55(52)45-26-12-16-30-49(45)57-51/h1-36H. The van der Waals surface area contributed by atoms with Crippen molar-refractivity contribution in [3.63, 3.8) is 0 Å². The maximum Gasteiger partial charge on any atom is 0.260 e. The molecule has 10 aromatic rings. The number of hydrogen-bond donors (Lipinski definition) is 0. The molecule has 0 saturated heterocycles. The summed E-state index contributed by atoms with van der Waals surface area (Å²) in [4.78, 5) is 0. The van der Waals surface area contributed by atoms with E-state index < -0.39 is 8.07 Å². The minimum absolute atomic E-state index is 0.0487. The Morgan fingerprint density at radius 1 is 0.390 bits per heavy atom. The van der Waals surface area contributed by atoms with Gasteiger partial charge in [0, 0.05) is 21.8 Å². The smallest absolute Gasteiger partial charge is 0.260 e. The average Bonchev–Trinajstić information content (AvgIpc) is 3.64. The number of para-hydroxylation sites is 4. The van der Waals surface area contributed by atoms with Crippen LogP contribution in [0.15, 0.2) is 218 Å². The molecule has 2 aliphatic rings. The van der Waals surface area contributed by atoms with Crippen LogP contribution in [0, 0.1) is 0 Å². The first-order valence-corrected chi connectivity index (χ1v) is 22.3. The Morgan fingerprint density at radius 3 is 1.37 bits per heavy atom. The summed E-state index contributed by atoms with van der Waals surface area (Å²) in [7, 11) is -2.74. The maximum atomic E-state index is 7.21. The molecule has 0 aliphatic carbocycles. The number of aromatic nitrogens is 1. The Morgan fingerprint density at radius 2 is 0.831 bits per heavy atom. The van der Waals surface area contributed by atoms with Gasteiger partial charge in [-0.25, -0.2) is 0 Å². The van der Waals surface area contributed by atoms with Crippen molar-refractivity contribution in [2.75, 3.05) is 0 Å². The summed E-state index contributed by atoms with van der Waals surface area (Å²) in [5.41, 5.74) is 8.74. The number of ether oxygens (including phenoxy) is 2. The Balaban J connectivity index is 1.16. The predicted octanol–water partition coefficient (Wildman–Crippen LogP) is 8.56. The first-order chi connectivity index (χ1) is 29.3. The van der Waals surface area contributed by atoms with Gasteiger partial charge in [0.1, 0.15) is 17.2 Å². The van der Waals surface area contributed by atoms with E-state index in [2.05, 4.69) is 223 Å². The van der Waals surface area contributed by atoms with Crippen molar-refractivity contribution in [2.24, 2.45) is 0 Å². The highest BCUT2D eigenvalue weighted by molar-refractivity contribution is 7.19. The Hall–Kier alpha value is -7.34. The lowest BCUT2D eigenvalue weighted by Gasteiger charge is -2.35. The van der Waals surface area contributed by atoms with E-state index in [0.29, 0.717) is 0 Å². The van der Waals surface area contributed by atoms with E-state index >= 15 is 0 Å². The molecule has 0 saturated carbocycles. The highest BCUT2D eigenvalue weighted by atomic mass is 28.3. The Labute approximate surface area is 344 Å². The van der Waals surface area contributed by atoms with E-state index in [0.717, 1.165) is 67.2 Å². The van der Waals surface area contributed by atoms with Gasteiger partial charge in [-0.1, -0.05) is 188 Å². The summed E-state index contributed by atoms with van der Waals surface area (Å²) in [6.45, 7) is -0.0487. The van der Waals surface area contributed by atoms with E-state index in [4.69, 9.17) is 9.47 Å². The third-order valence-electron chi connectivity index (χ3n) is 12.5. The number of fused-ring (bicyclic) bond motifs is 7. The first-order valence-electron chi connectivity index (χ1n) is 20.3. The van der Waals surface area contributed by atoms with E-state index in [1.807, 2.05) is 0 Å². The Kier molecular flexibility index (Phi) is 7.65. The van der Waals surface area contributed by atoms with Gasteiger partial charge in [0.15, 0.2) is 13.8 Å². The largest absolute Gasteiger partial charge is 0.458 e. The molecule has 0 amide bonds. The van der Waals surface area contributed by atoms with Crippen LogP contribution in [-0.2, 0) is 0 Å². The van der Waals surface area contributed by atoms with Crippen LogP contribution in [0.1, 0.15) is 0 Å². The maximum absolute atomic E-state index is 7.21. The van der Waals surface area contributed by atoms with Gasteiger partial charge in [-0.05, 0) is 67.6 Å². The highest BCUT2D eigenvalue weighted by Crippen LogP contribution is 2.46. The fourth-order valence-corrected chi connectivity index (χ4v) is 14.7. The fourth-order valence-electron chi connectivity index (χ4n) is 10.0. The van der Waals surface area contributed by atoms with Gasteiger partial charge in [-0.15, -0.1) is 0 Å². The van der Waals surface area contributed by atoms with E-state index in [9.17, 15) is 0 Å². The molecular formula is C54H36BNO2Si. The summed E-state index contributed by atoms with van der Waals surface area (Å²) in [6, 6.07) is 79.4. The highest BCUT2D eigenvalue weighted by Gasteiger charge is 2.44. The van der Waals surface area contributed by atoms with E-state index in [1.165, 1.54) is 31.5 Å². The number of rotatable bonds is 6. The summed E-state index contributed by atoms with van der Waals surface area (Å²) >= 11 is 0. The molecule has 1 aromatic heterocycles. The van der Waals surface area contributed by atoms with Crippen LogP contribution in [0.2, 0.25) is 0 Å². The van der Waals surface area contributed by atoms with Gasteiger partial charge in [-0.2, -0.15) is 0 Å². The fraction of sp³-hybridized carbons (Fsp3) is 0. The molecule has 3 heterocycles. The number of hydrogen-bond acceptors (Lipinski definition) is 2. The molecule has 9 aromatic carbocycles. The van der Waals surface area contributed by atoms with Crippen LogP contribution in [0.5, 0.6) is 23.0 Å². The van der Waals surface area contributed by atoms with Gasteiger partial charge in [0.2, 0.25) is 0 Å². The minimum atomic E-state index is -2.74. The molecule has 276 valence electrons. The van der Waals surface area contributed by atoms with Crippen molar-refractivity contribution >= 4 is 73.7 Å². The zero-order valence-corrected chi connectivity index (χ0v) is 33.1. The lowest BCUT2D eigenvalue weighted by Crippen LogP contribution is -2.74. The van der Waals surface area contributed by atoms with Gasteiger partial charge >= 0.3 is 0 Å². The third-order valence-corrected chi connectivity index (χ3v) is 17.3. The molecule has 0 spiro atoms. The second-order valence-corrected chi connectivity index (χ2v) is 19.3. The molecule has 2 aliphatic heterocycles. The third kappa shape index (κ3) is 5.02. The second kappa shape index (κ2) is 13.4. The molecule has 0 radical (unpaired) electrons. The van der Waals surface area contributed by atoms with Crippen LogP contribution in [0.3, 0.4) is 0 Å². The lowest BCUT2D eigenvalue weighted by atomic mass is 9.34. The van der Waals surface area contributed by atoms with Gasteiger partial charge < -0.3 is 14.0 Å². The van der Waals surface area contributed by atoms with Crippen LogP contribution < -0.4 is 46.6 Å². The van der Waals surface area contributed by atoms with Gasteiger partial charge in [0.05, 0.1) is 16.7 Å². The number of nitrogens with zero attached hydrogens (tertiary/aromatic N) is 1. The summed E-state index contributed by atoms with van der Waals surface area (Å²) in [5, 5.41) is 7.76. The van der Waals surface area contributed by atoms with Gasteiger partial charge in [-0.3, -0.25) is 0 Å². The molecule has 0 atom stereocenters. The molecule has 0 bridgehead atoms. The van der Waals surface area contributed by atoms with Crippen molar-refractivity contribution in [1.29, 1.82) is 0 Å². The summed E-state index contributed by atoms with van der Waals surface area (Å²) in [6.07, 6.45) is 0. The normalized spacial score (nSPS) is 12.6. The topological polar surface area (TPSA) is 23.4 Å². The molecule has 59 heavy (non-hydrogen) atoms. The summed E-state index contributed by atoms with van der Waals surface area (Å²) in [5.74, 6) is 3.39. The quantitative estimate of drug-likeness (QED) is 0.125. The lowest BCUT2D eigenvalue weighted by molar-refractivity contribution is 0.463. The zero-order valence-electron chi connectivity index (χ0n) is 32.1. The molecule has 0 fully saturated rings. The number of benzene rings is 9. The van der Waals surface area contributed by atoms with Crippen LogP contribution in [-0.4, -0.2) is 19.4 Å². The molecule has 3 nitrogen and oxygen atoms in total. The minimum Gasteiger partial charge on any atom is -0.458 e. The van der Waals surface area contributed by atoms with Crippen molar-refractivity contribution in [3.05, 3.63) is 218 Å². The predicted molar refractivity (Wildman–Crippen MR) is 248 cm³/mol. The van der Waals surface area contributed by atoms with Crippen molar-refractivity contribution < 1.29 is 9.47 Å². The van der Waals surface area contributed by atoms with Crippen LogP contribution >= 0.6 is 0 Å². The Bertz CT molecular complexity index is 3060. The average molecular weight is 770 g/mol. The first kappa shape index (κ1) is 33.8. The van der Waals surface area contributed by atoms with Gasteiger partial charge in [0.25, 0.3) is 6.71 Å². The molecule has 0 N–H and O–H groups in total. The monoisotopic (exact) mass is 769 g/mol. The molecule has 0 unspecified atom stereocenters. The molecule has 12 rings (SSSR count). The van der Waals surface area contributed by atoms with Crippen LogP contribution in [0.4, 0.5) is 0 Å². The van der Waals surface area contributed by atoms with E-state index in [1.54, 1.807) is 0 Å². The van der Waals surface area contributed by atoms with Crippen molar-refractivity contribution in [2.45, 2.75) is 0 Å². The van der Waals surface area contributed by atoms with Crippen molar-refractivity contribution in [1.82, 2.24) is 4.57 Å². The van der Waals surface area contributed by atoms with E-state index in [-0.39, 0.29) is 6.71 Å². The summed E-state index contributed by atoms with van der Waals surface area (Å²) < 4.78 is 16.6. The SMILES string of the molecule is c1ccc([Si](c2ccccc2)(c2ccccc2)c2ccc(-c3cc4c5c(c3-n3c6ccccc6c6ccccc63)Oc3ccccc3B5c3ccccc3O4)cc2)cc1. The molecular weight excluding hydrogens is 733 g/mol. The van der Waals surface area contributed by atoms with Crippen molar-refractivity contribution in [3.8, 4) is 39.8 Å². The molecule has 5 heteroatoms. The zero-order chi connectivity index (χ0) is 38.9. The second-order valence-electron chi connectivity index (χ2n) is 15.5. The van der Waals surface area contributed by atoms with Crippen LogP contribution in [0.25, 0.3) is 38.6 Å².